The molecule has 0 spiro atoms. The number of rotatable bonds is 6. The molecule has 0 radical (unpaired) electrons. The van der Waals surface area contributed by atoms with Gasteiger partial charge in [0.1, 0.15) is 11.8 Å². The standard InChI is InChI=1S/C18H19NO6/c1-25-18(24)14(8-11-2-5-13(20)6-3-11)19-17(23)10-12-4-7-15(21)16(22)9-12/h2-7,9,14,20-22H,8,10H2,1H3,(H,19,23). The van der Waals surface area contributed by atoms with Gasteiger partial charge in [-0.05, 0) is 35.4 Å². The lowest BCUT2D eigenvalue weighted by Gasteiger charge is -2.17. The summed E-state index contributed by atoms with van der Waals surface area (Å²) in [5.41, 5.74) is 1.23. The van der Waals surface area contributed by atoms with Crippen molar-refractivity contribution in [3.63, 3.8) is 0 Å². The van der Waals surface area contributed by atoms with Crippen molar-refractivity contribution in [3.8, 4) is 17.2 Å². The molecule has 2 rings (SSSR count). The highest BCUT2D eigenvalue weighted by atomic mass is 16.5. The minimum absolute atomic E-state index is 0.0725. The molecule has 0 saturated carbocycles. The fourth-order valence-electron chi connectivity index (χ4n) is 2.31. The van der Waals surface area contributed by atoms with Crippen LogP contribution in [0.3, 0.4) is 0 Å². The Hall–Kier alpha value is -3.22. The Kier molecular flexibility index (Phi) is 5.84. The fourth-order valence-corrected chi connectivity index (χ4v) is 2.31. The van der Waals surface area contributed by atoms with E-state index in [1.165, 1.54) is 37.4 Å². The molecule has 7 heteroatoms. The average molecular weight is 345 g/mol. The Morgan fingerprint density at radius 1 is 1.00 bits per heavy atom. The van der Waals surface area contributed by atoms with Crippen LogP contribution in [0, 0.1) is 0 Å². The summed E-state index contributed by atoms with van der Waals surface area (Å²) >= 11 is 0. The minimum atomic E-state index is -0.882. The summed E-state index contributed by atoms with van der Waals surface area (Å²) in [5, 5.41) is 30.6. The van der Waals surface area contributed by atoms with Crippen molar-refractivity contribution in [2.24, 2.45) is 0 Å². The molecule has 0 saturated heterocycles. The largest absolute Gasteiger partial charge is 0.508 e. The number of amides is 1. The second-order valence-electron chi connectivity index (χ2n) is 5.51. The maximum atomic E-state index is 12.2. The van der Waals surface area contributed by atoms with E-state index >= 15 is 0 Å². The summed E-state index contributed by atoms with van der Waals surface area (Å²) in [6.07, 6.45) is 0.135. The number of methoxy groups -OCH3 is 1. The molecule has 1 amide bonds. The molecular formula is C18H19NO6. The van der Waals surface area contributed by atoms with Crippen LogP contribution in [0.2, 0.25) is 0 Å². The van der Waals surface area contributed by atoms with E-state index in [-0.39, 0.29) is 30.1 Å². The maximum absolute atomic E-state index is 12.2. The van der Waals surface area contributed by atoms with Crippen LogP contribution in [0.1, 0.15) is 11.1 Å². The second-order valence-corrected chi connectivity index (χ2v) is 5.51. The highest BCUT2D eigenvalue weighted by molar-refractivity contribution is 5.85. The number of carbonyl (C=O) groups excluding carboxylic acids is 2. The fraction of sp³-hybridized carbons (Fsp3) is 0.222. The molecule has 0 heterocycles. The lowest BCUT2D eigenvalue weighted by molar-refractivity contribution is -0.145. The van der Waals surface area contributed by atoms with Crippen molar-refractivity contribution in [3.05, 3.63) is 53.6 Å². The molecule has 0 bridgehead atoms. The number of hydrogen-bond donors (Lipinski definition) is 4. The number of phenolic OH excluding ortho intramolecular Hbond substituents is 3. The molecule has 0 aliphatic heterocycles. The first-order valence-corrected chi connectivity index (χ1v) is 7.55. The van der Waals surface area contributed by atoms with Gasteiger partial charge in [0.15, 0.2) is 11.5 Å². The van der Waals surface area contributed by atoms with E-state index in [0.717, 1.165) is 5.56 Å². The van der Waals surface area contributed by atoms with Crippen LogP contribution >= 0.6 is 0 Å². The van der Waals surface area contributed by atoms with Crippen molar-refractivity contribution < 1.29 is 29.6 Å². The first-order chi connectivity index (χ1) is 11.9. The number of ether oxygens (including phenoxy) is 1. The quantitative estimate of drug-likeness (QED) is 0.462. The van der Waals surface area contributed by atoms with Gasteiger partial charge in [-0.15, -0.1) is 0 Å². The van der Waals surface area contributed by atoms with Crippen molar-refractivity contribution in [1.82, 2.24) is 5.32 Å². The molecule has 4 N–H and O–H groups in total. The Morgan fingerprint density at radius 2 is 1.64 bits per heavy atom. The van der Waals surface area contributed by atoms with Gasteiger partial charge in [-0.3, -0.25) is 4.79 Å². The van der Waals surface area contributed by atoms with Gasteiger partial charge in [0, 0.05) is 6.42 Å². The predicted molar refractivity (Wildman–Crippen MR) is 89.2 cm³/mol. The van der Waals surface area contributed by atoms with Gasteiger partial charge in [0.25, 0.3) is 0 Å². The minimum Gasteiger partial charge on any atom is -0.508 e. The van der Waals surface area contributed by atoms with Gasteiger partial charge in [0.05, 0.1) is 13.5 Å². The van der Waals surface area contributed by atoms with E-state index in [2.05, 4.69) is 5.32 Å². The van der Waals surface area contributed by atoms with Crippen molar-refractivity contribution in [2.75, 3.05) is 7.11 Å². The number of phenols is 3. The third-order valence-corrected chi connectivity index (χ3v) is 3.60. The van der Waals surface area contributed by atoms with Crippen LogP contribution < -0.4 is 5.32 Å². The van der Waals surface area contributed by atoms with E-state index < -0.39 is 17.9 Å². The molecule has 0 aliphatic rings. The van der Waals surface area contributed by atoms with Gasteiger partial charge in [-0.25, -0.2) is 4.79 Å². The first kappa shape index (κ1) is 18.1. The zero-order chi connectivity index (χ0) is 18.4. The van der Waals surface area contributed by atoms with E-state index in [0.29, 0.717) is 5.56 Å². The summed E-state index contributed by atoms with van der Waals surface area (Å²) in [6.45, 7) is 0. The molecule has 0 aromatic heterocycles. The molecule has 7 nitrogen and oxygen atoms in total. The summed E-state index contributed by atoms with van der Waals surface area (Å²) in [6, 6.07) is 9.46. The van der Waals surface area contributed by atoms with Gasteiger partial charge < -0.3 is 25.4 Å². The van der Waals surface area contributed by atoms with Gasteiger partial charge in [0.2, 0.25) is 5.91 Å². The van der Waals surface area contributed by atoms with E-state index in [9.17, 15) is 24.9 Å². The Balaban J connectivity index is 2.05. The summed E-state index contributed by atoms with van der Waals surface area (Å²) < 4.78 is 4.72. The third kappa shape index (κ3) is 5.13. The number of hydrogen-bond acceptors (Lipinski definition) is 6. The second kappa shape index (κ2) is 8.05. The molecule has 132 valence electrons. The average Bonchev–Trinajstić information content (AvgIpc) is 2.58. The van der Waals surface area contributed by atoms with Gasteiger partial charge in [-0.2, -0.15) is 0 Å². The van der Waals surface area contributed by atoms with Crippen molar-refractivity contribution >= 4 is 11.9 Å². The molecule has 1 atom stereocenters. The molecule has 0 aliphatic carbocycles. The smallest absolute Gasteiger partial charge is 0.328 e. The molecular weight excluding hydrogens is 326 g/mol. The third-order valence-electron chi connectivity index (χ3n) is 3.60. The maximum Gasteiger partial charge on any atom is 0.328 e. The molecule has 2 aromatic carbocycles. The molecule has 0 fully saturated rings. The Morgan fingerprint density at radius 3 is 2.24 bits per heavy atom. The van der Waals surface area contributed by atoms with Crippen LogP contribution in [0.15, 0.2) is 42.5 Å². The van der Waals surface area contributed by atoms with Crippen LogP contribution in [0.5, 0.6) is 17.2 Å². The topological polar surface area (TPSA) is 116 Å². The lowest BCUT2D eigenvalue weighted by Crippen LogP contribution is -2.43. The zero-order valence-corrected chi connectivity index (χ0v) is 13.6. The monoisotopic (exact) mass is 345 g/mol. The molecule has 2 aromatic rings. The molecule has 1 unspecified atom stereocenters. The number of benzene rings is 2. The predicted octanol–water partition coefficient (Wildman–Crippen LogP) is 1.25. The van der Waals surface area contributed by atoms with Crippen LogP contribution in [-0.2, 0) is 27.2 Å². The van der Waals surface area contributed by atoms with Gasteiger partial charge in [-0.1, -0.05) is 18.2 Å². The van der Waals surface area contributed by atoms with Crippen molar-refractivity contribution in [1.29, 1.82) is 0 Å². The van der Waals surface area contributed by atoms with E-state index in [1.807, 2.05) is 0 Å². The van der Waals surface area contributed by atoms with Crippen LogP contribution in [0.4, 0.5) is 0 Å². The summed E-state index contributed by atoms with van der Waals surface area (Å²) in [7, 11) is 1.23. The molecule has 25 heavy (non-hydrogen) atoms. The van der Waals surface area contributed by atoms with Crippen molar-refractivity contribution in [2.45, 2.75) is 18.9 Å². The van der Waals surface area contributed by atoms with Gasteiger partial charge >= 0.3 is 5.97 Å². The number of carbonyl (C=O) groups is 2. The lowest BCUT2D eigenvalue weighted by atomic mass is 10.0. The summed E-state index contributed by atoms with van der Waals surface area (Å²) in [4.78, 5) is 24.1. The summed E-state index contributed by atoms with van der Waals surface area (Å²) in [5.74, 6) is -1.51. The van der Waals surface area contributed by atoms with Crippen LogP contribution in [-0.4, -0.2) is 40.3 Å². The SMILES string of the molecule is COC(=O)C(Cc1ccc(O)cc1)NC(=O)Cc1ccc(O)c(O)c1. The number of aromatic hydroxyl groups is 3. The highest BCUT2D eigenvalue weighted by Crippen LogP contribution is 2.25. The van der Waals surface area contributed by atoms with E-state index in [4.69, 9.17) is 4.74 Å². The normalized spacial score (nSPS) is 11.6. The van der Waals surface area contributed by atoms with E-state index in [1.54, 1.807) is 12.1 Å². The number of esters is 1. The first-order valence-electron chi connectivity index (χ1n) is 7.55. The highest BCUT2D eigenvalue weighted by Gasteiger charge is 2.22. The number of nitrogens with one attached hydrogen (secondary N) is 1. The Labute approximate surface area is 144 Å². The van der Waals surface area contributed by atoms with Crippen LogP contribution in [0.25, 0.3) is 0 Å². The zero-order valence-electron chi connectivity index (χ0n) is 13.6. The Bertz CT molecular complexity index is 757.